The van der Waals surface area contributed by atoms with Crippen LogP contribution in [0.1, 0.15) is 46.0 Å². The maximum atomic E-state index is 11.4. The van der Waals surface area contributed by atoms with Crippen molar-refractivity contribution in [1.29, 1.82) is 0 Å². The fourth-order valence-corrected chi connectivity index (χ4v) is 1.57. The second-order valence-corrected chi connectivity index (χ2v) is 4.41. The fraction of sp³-hybridized carbons (Fsp3) is 0.917. The molecule has 0 aliphatic heterocycles. The van der Waals surface area contributed by atoms with Crippen LogP contribution in [0.3, 0.4) is 0 Å². The molecule has 14 heavy (non-hydrogen) atoms. The van der Waals surface area contributed by atoms with E-state index >= 15 is 0 Å². The summed E-state index contributed by atoms with van der Waals surface area (Å²) in [4.78, 5) is 11.4. The zero-order valence-electron chi connectivity index (χ0n) is 9.42. The van der Waals surface area contributed by atoms with E-state index in [9.17, 15) is 4.79 Å². The van der Waals surface area contributed by atoms with E-state index in [0.29, 0.717) is 6.61 Å². The number of hydrogen-bond acceptors (Lipinski definition) is 2. The van der Waals surface area contributed by atoms with Crippen molar-refractivity contribution in [3.8, 4) is 0 Å². The second kappa shape index (κ2) is 6.18. The highest BCUT2D eigenvalue weighted by Crippen LogP contribution is 2.29. The summed E-state index contributed by atoms with van der Waals surface area (Å²) in [7, 11) is 0. The van der Waals surface area contributed by atoms with E-state index in [1.807, 2.05) is 13.8 Å². The van der Waals surface area contributed by atoms with Gasteiger partial charge in [-0.2, -0.15) is 0 Å². The number of carbonyl (C=O) groups excluding carboxylic acids is 1. The fourth-order valence-electron chi connectivity index (χ4n) is 1.57. The Hall–Kier alpha value is -0.370. The molecule has 0 radical (unpaired) electrons. The Morgan fingerprint density at radius 1 is 1.50 bits per heavy atom. The van der Waals surface area contributed by atoms with Crippen LogP contribution < -0.4 is 0 Å². The SMILES string of the molecule is CCC(C)C(=O)COCCC1CCC1. The van der Waals surface area contributed by atoms with Crippen LogP contribution in [0.15, 0.2) is 0 Å². The molecular formula is C12H22O2. The van der Waals surface area contributed by atoms with E-state index in [1.165, 1.54) is 19.3 Å². The van der Waals surface area contributed by atoms with Gasteiger partial charge in [0.1, 0.15) is 6.61 Å². The first-order chi connectivity index (χ1) is 6.74. The van der Waals surface area contributed by atoms with Crippen LogP contribution in [-0.2, 0) is 9.53 Å². The number of hydrogen-bond donors (Lipinski definition) is 0. The minimum Gasteiger partial charge on any atom is -0.374 e. The summed E-state index contributed by atoms with van der Waals surface area (Å²) in [5, 5.41) is 0. The van der Waals surface area contributed by atoms with Gasteiger partial charge in [-0.25, -0.2) is 0 Å². The smallest absolute Gasteiger partial charge is 0.161 e. The summed E-state index contributed by atoms with van der Waals surface area (Å²) in [6, 6.07) is 0. The minimum atomic E-state index is 0.165. The van der Waals surface area contributed by atoms with Gasteiger partial charge >= 0.3 is 0 Å². The van der Waals surface area contributed by atoms with Gasteiger partial charge in [-0.1, -0.05) is 33.1 Å². The standard InChI is InChI=1S/C12H22O2/c1-3-10(2)12(13)9-14-8-7-11-5-4-6-11/h10-11H,3-9H2,1-2H3. The molecule has 1 atom stereocenters. The van der Waals surface area contributed by atoms with Gasteiger partial charge in [-0.05, 0) is 18.8 Å². The van der Waals surface area contributed by atoms with Gasteiger partial charge in [0.05, 0.1) is 0 Å². The number of Topliss-reactive ketones (excluding diaryl/α,β-unsaturated/α-hetero) is 1. The van der Waals surface area contributed by atoms with Gasteiger partial charge in [-0.15, -0.1) is 0 Å². The maximum absolute atomic E-state index is 11.4. The van der Waals surface area contributed by atoms with Gasteiger partial charge < -0.3 is 4.74 Å². The molecule has 0 aromatic heterocycles. The Bertz CT molecular complexity index is 173. The average molecular weight is 198 g/mol. The van der Waals surface area contributed by atoms with Crippen LogP contribution in [0.2, 0.25) is 0 Å². The highest BCUT2D eigenvalue weighted by Gasteiger charge is 2.17. The predicted molar refractivity (Wildman–Crippen MR) is 57.2 cm³/mol. The molecule has 0 saturated heterocycles. The summed E-state index contributed by atoms with van der Waals surface area (Å²) in [5.41, 5.74) is 0. The Balaban J connectivity index is 1.94. The highest BCUT2D eigenvalue weighted by atomic mass is 16.5. The van der Waals surface area contributed by atoms with Gasteiger partial charge in [0.25, 0.3) is 0 Å². The molecule has 2 heteroatoms. The van der Waals surface area contributed by atoms with Crippen LogP contribution in [0, 0.1) is 11.8 Å². The van der Waals surface area contributed by atoms with Crippen LogP contribution >= 0.6 is 0 Å². The Morgan fingerprint density at radius 3 is 2.71 bits per heavy atom. The van der Waals surface area contributed by atoms with E-state index in [-0.39, 0.29) is 11.7 Å². The van der Waals surface area contributed by atoms with Crippen LogP contribution in [0.25, 0.3) is 0 Å². The first-order valence-corrected chi connectivity index (χ1v) is 5.84. The zero-order chi connectivity index (χ0) is 10.4. The highest BCUT2D eigenvalue weighted by molar-refractivity contribution is 5.81. The van der Waals surface area contributed by atoms with Crippen molar-refractivity contribution >= 4 is 5.78 Å². The lowest BCUT2D eigenvalue weighted by atomic mass is 9.83. The summed E-state index contributed by atoms with van der Waals surface area (Å²) < 4.78 is 5.38. The van der Waals surface area contributed by atoms with Crippen LogP contribution in [-0.4, -0.2) is 19.0 Å². The molecular weight excluding hydrogens is 176 g/mol. The van der Waals surface area contributed by atoms with Crippen molar-refractivity contribution in [2.45, 2.75) is 46.0 Å². The third kappa shape index (κ3) is 3.79. The monoisotopic (exact) mass is 198 g/mol. The summed E-state index contributed by atoms with van der Waals surface area (Å²) in [6.07, 6.45) is 6.18. The second-order valence-electron chi connectivity index (χ2n) is 4.41. The molecule has 82 valence electrons. The molecule has 1 rings (SSSR count). The van der Waals surface area contributed by atoms with Gasteiger partial charge in [0.15, 0.2) is 5.78 Å². The van der Waals surface area contributed by atoms with E-state index in [1.54, 1.807) is 0 Å². The predicted octanol–water partition coefficient (Wildman–Crippen LogP) is 2.81. The summed E-state index contributed by atoms with van der Waals surface area (Å²) >= 11 is 0. The van der Waals surface area contributed by atoms with E-state index in [4.69, 9.17) is 4.74 Å². The molecule has 0 spiro atoms. The largest absolute Gasteiger partial charge is 0.374 e. The lowest BCUT2D eigenvalue weighted by molar-refractivity contribution is -0.127. The first-order valence-electron chi connectivity index (χ1n) is 5.84. The number of ether oxygens (including phenoxy) is 1. The number of rotatable bonds is 7. The molecule has 1 fully saturated rings. The Kier molecular flexibility index (Phi) is 5.16. The third-order valence-electron chi connectivity index (χ3n) is 3.30. The molecule has 0 amide bonds. The van der Waals surface area contributed by atoms with Crippen LogP contribution in [0.5, 0.6) is 0 Å². The maximum Gasteiger partial charge on any atom is 0.161 e. The molecule has 0 bridgehead atoms. The molecule has 1 saturated carbocycles. The molecule has 0 aromatic carbocycles. The number of ketones is 1. The number of carbonyl (C=O) groups is 1. The average Bonchev–Trinajstić information content (AvgIpc) is 2.13. The topological polar surface area (TPSA) is 26.3 Å². The van der Waals surface area contributed by atoms with E-state index in [2.05, 4.69) is 0 Å². The minimum absolute atomic E-state index is 0.165. The quantitative estimate of drug-likeness (QED) is 0.588. The molecule has 0 N–H and O–H groups in total. The van der Waals surface area contributed by atoms with Gasteiger partial charge in [-0.3, -0.25) is 4.79 Å². The third-order valence-corrected chi connectivity index (χ3v) is 3.30. The Morgan fingerprint density at radius 2 is 2.21 bits per heavy atom. The van der Waals surface area contributed by atoms with Crippen LogP contribution in [0.4, 0.5) is 0 Å². The summed E-state index contributed by atoms with van der Waals surface area (Å²) in [5.74, 6) is 1.30. The molecule has 0 aromatic rings. The van der Waals surface area contributed by atoms with Gasteiger partial charge in [0.2, 0.25) is 0 Å². The van der Waals surface area contributed by atoms with Crippen molar-refractivity contribution in [2.75, 3.05) is 13.2 Å². The lowest BCUT2D eigenvalue weighted by Gasteiger charge is -2.24. The molecule has 1 unspecified atom stereocenters. The normalized spacial score (nSPS) is 19.0. The molecule has 1 aliphatic rings. The first kappa shape index (κ1) is 11.7. The van der Waals surface area contributed by atoms with Crippen molar-refractivity contribution in [3.05, 3.63) is 0 Å². The lowest BCUT2D eigenvalue weighted by Crippen LogP contribution is -2.19. The van der Waals surface area contributed by atoms with Crippen molar-refractivity contribution in [1.82, 2.24) is 0 Å². The summed E-state index contributed by atoms with van der Waals surface area (Å²) in [6.45, 7) is 5.10. The van der Waals surface area contributed by atoms with E-state index in [0.717, 1.165) is 25.4 Å². The Labute approximate surface area is 87.0 Å². The molecule has 0 heterocycles. The molecule has 2 nitrogen and oxygen atoms in total. The van der Waals surface area contributed by atoms with Crippen molar-refractivity contribution < 1.29 is 9.53 Å². The van der Waals surface area contributed by atoms with E-state index < -0.39 is 0 Å². The van der Waals surface area contributed by atoms with Crippen molar-refractivity contribution in [3.63, 3.8) is 0 Å². The van der Waals surface area contributed by atoms with Crippen molar-refractivity contribution in [2.24, 2.45) is 11.8 Å². The molecule has 1 aliphatic carbocycles. The van der Waals surface area contributed by atoms with Gasteiger partial charge in [0, 0.05) is 12.5 Å². The zero-order valence-corrected chi connectivity index (χ0v) is 9.42.